The maximum atomic E-state index is 8.56. The van der Waals surface area contributed by atoms with Crippen LogP contribution in [-0.4, -0.2) is 115 Å². The minimum Gasteiger partial charge on any atom is -0.450 e. The zero-order valence-electron chi connectivity index (χ0n) is 64.9. The van der Waals surface area contributed by atoms with E-state index < -0.39 is 43.1 Å². The van der Waals surface area contributed by atoms with Crippen molar-refractivity contribution < 1.29 is 105 Å². The number of hydrogen-bond acceptors (Lipinski definition) is 81. The predicted molar refractivity (Wildman–Crippen MR) is 446 cm³/mol. The molecule has 0 amide bonds. The third-order valence-corrected chi connectivity index (χ3v) is 0. The highest BCUT2D eigenvalue weighted by Gasteiger charge is 1.72. The van der Waals surface area contributed by atoms with Crippen LogP contribution in [0.25, 0.3) is 0 Å². The summed E-state index contributed by atoms with van der Waals surface area (Å²) in [5.74, 6) is 0. The van der Waals surface area contributed by atoms with Crippen LogP contribution in [-0.2, 0) is 0 Å². The lowest BCUT2D eigenvalue weighted by atomic mass is 11.5. The van der Waals surface area contributed by atoms with Crippen LogP contribution >= 0.6 is 0 Å². The molecule has 236 N–H and O–H groups in total. The van der Waals surface area contributed by atoms with Crippen LogP contribution in [0, 0.1) is 0 Å². The van der Waals surface area contributed by atoms with Crippen molar-refractivity contribution >= 4 is 43.1 Å². The van der Waals surface area contributed by atoms with Crippen molar-refractivity contribution in [3.05, 3.63) is 0 Å². The molecule has 0 radical (unpaired) electrons. The third-order valence-electron chi connectivity index (χ3n) is 0. The summed E-state index contributed by atoms with van der Waals surface area (Å²) >= 11 is 0. The molecule has 760 valence electrons. The smallest absolute Gasteiger partial charge is 0.450 e. The molecule has 0 aliphatic heterocycles. The predicted octanol–water partition coefficient (Wildman–Crippen LogP) is 13.5. The fourth-order valence-electron chi connectivity index (χ4n) is 0. The van der Waals surface area contributed by atoms with Crippen molar-refractivity contribution in [1.29, 1.82) is 0 Å². The molecule has 0 spiro atoms. The summed E-state index contributed by atoms with van der Waals surface area (Å²) in [4.78, 5) is 59.9. The van der Waals surface area contributed by atoms with Crippen molar-refractivity contribution in [3.63, 3.8) is 0 Å². The van der Waals surface area contributed by atoms with Gasteiger partial charge in [0.2, 0.25) is 0 Å². The van der Waals surface area contributed by atoms with Crippen LogP contribution in [0.3, 0.4) is 0 Å². The summed E-state index contributed by atoms with van der Waals surface area (Å²) in [6.45, 7) is 0. The molecule has 102 heavy (non-hydrogen) atoms. The van der Waals surface area contributed by atoms with Crippen molar-refractivity contribution in [2.45, 2.75) is 0 Å². The lowest BCUT2D eigenvalue weighted by molar-refractivity contribution is 0.135. The van der Waals surface area contributed by atoms with E-state index in [9.17, 15) is 0 Å². The molecule has 0 bridgehead atoms. The Hall–Kier alpha value is -8.07. The van der Waals surface area contributed by atoms with Crippen LogP contribution in [0.2, 0.25) is 0 Å². The average Bonchev–Trinajstić information content (AvgIpc) is 2.20. The van der Waals surface area contributed by atoms with Gasteiger partial charge in [-0.25, -0.2) is 33.6 Å². The van der Waals surface area contributed by atoms with Crippen LogP contribution in [0.15, 0.2) is 0 Å². The maximum Gasteiger partial charge on any atom is 0.503 e. The van der Waals surface area contributed by atoms with Crippen LogP contribution < -0.4 is 455 Å². The van der Waals surface area contributed by atoms with Gasteiger partial charge in [0.15, 0.2) is 0 Å². The molecular formula is C7H236N74O21. The molecule has 0 fully saturated rings. The lowest BCUT2D eigenvalue weighted by Gasteiger charge is -1.60. The first-order valence-electron chi connectivity index (χ1n) is 4.56. The Morgan fingerprint density at radius 1 is 0.0686 bits per heavy atom. The molecule has 0 heterocycles. The molecule has 0 saturated heterocycles. The second-order valence-electron chi connectivity index (χ2n) is 1.98. The molecule has 95 heteroatoms. The van der Waals surface area contributed by atoms with E-state index >= 15 is 0 Å². The maximum absolute atomic E-state index is 8.56. The summed E-state index contributed by atoms with van der Waals surface area (Å²) in [6.07, 6.45) is -12.8. The van der Waals surface area contributed by atoms with Gasteiger partial charge in [-0.05, 0) is 0 Å². The summed E-state index contributed by atoms with van der Waals surface area (Å²) in [7, 11) is 0. The summed E-state index contributed by atoms with van der Waals surface area (Å²) in [5.41, 5.74) is 0. The Morgan fingerprint density at radius 3 is 0.0686 bits per heavy atom. The number of rotatable bonds is 0. The van der Waals surface area contributed by atoms with Gasteiger partial charge in [0, 0.05) is 0 Å². The molecule has 0 rings (SSSR count). The van der Waals surface area contributed by atoms with Gasteiger partial charge in [-0.1, -0.05) is 0 Å². The molecule has 0 aliphatic rings. The number of hydrogen-bond donors (Lipinski definition) is 88. The second kappa shape index (κ2) is 4700. The van der Waals surface area contributed by atoms with Gasteiger partial charge in [0.1, 0.15) is 0 Å². The molecule has 0 aromatic carbocycles. The van der Waals surface area contributed by atoms with E-state index in [0.29, 0.717) is 0 Å². The molecule has 0 atom stereocenters. The summed E-state index contributed by atoms with van der Waals surface area (Å²) < 4.78 is 0. The Balaban J connectivity index is -0.000000000570. The van der Waals surface area contributed by atoms with E-state index in [1.165, 1.54) is 0 Å². The minimum atomic E-state index is -1.83. The highest BCUT2D eigenvalue weighted by atomic mass is 16.6. The SMILES string of the molecule is N.N.N.N.N.N.N.N.N.N.N.N.N.N.N.N.N.N.N.N.N.N.N.N.N.N.N.N.N.N.N.N.N.N.N.N.N.N.N.N.N.N.N.N.N.N.N.N.N.N.N.N.N.N.N.N.N.N.N.N.N.N.N.N.N.N.N.N.N.N.N.N.N.N.O=C(O)O.O=C(O)O.O=C(O)O.O=C(O)O.O=C(O)O.O=C(O)O.O=C(O)O. The zero-order valence-corrected chi connectivity index (χ0v) is 64.9. The number of carboxylic acid groups (broad SMARTS) is 14. The third kappa shape index (κ3) is 11700. The Kier molecular flexibility index (Phi) is 223000. The van der Waals surface area contributed by atoms with E-state index in [1.807, 2.05) is 0 Å². The van der Waals surface area contributed by atoms with Gasteiger partial charge in [0.25, 0.3) is 0 Å². The average molecular weight is 1690 g/mol. The molecular weight excluding hydrogens is 1460 g/mol. The first-order valence-corrected chi connectivity index (χ1v) is 4.56. The molecule has 0 unspecified atom stereocenters. The standard InChI is InChI=1S/7CH2O3.74H3N/c7*2-1(3)4;;;;;;;;;;;;;;;;;;;;;;;;;;;;;;;;;;;;;;;;;;;;;;;;;;;;;;;;;;;;;;;;;;;;;;;;;;/h7*(H2,2,3,4);74*1H3. The van der Waals surface area contributed by atoms with Crippen LogP contribution in [0.4, 0.5) is 33.6 Å². The first kappa shape index (κ1) is 4850. The van der Waals surface area contributed by atoms with Crippen molar-refractivity contribution in [2.24, 2.45) is 0 Å². The highest BCUT2D eigenvalue weighted by Crippen LogP contribution is 1.45. The summed E-state index contributed by atoms with van der Waals surface area (Å²) in [6, 6.07) is 0. The van der Waals surface area contributed by atoms with Crippen LogP contribution in [0.1, 0.15) is 0 Å². The summed E-state index contributed by atoms with van der Waals surface area (Å²) in [5, 5.41) is 97.6. The Morgan fingerprint density at radius 2 is 0.0686 bits per heavy atom. The fourth-order valence-corrected chi connectivity index (χ4v) is 0. The monoisotopic (exact) mass is 1690 g/mol. The van der Waals surface area contributed by atoms with Gasteiger partial charge in [-0.3, -0.25) is 0 Å². The van der Waals surface area contributed by atoms with Gasteiger partial charge in [-0.2, -0.15) is 0 Å². The molecule has 0 aromatic rings. The van der Waals surface area contributed by atoms with Crippen molar-refractivity contribution in [3.8, 4) is 0 Å². The van der Waals surface area contributed by atoms with Gasteiger partial charge >= 0.3 is 43.1 Å². The van der Waals surface area contributed by atoms with Gasteiger partial charge in [0.05, 0.1) is 0 Å². The quantitative estimate of drug-likeness (QED) is 0.107. The van der Waals surface area contributed by atoms with E-state index in [2.05, 4.69) is 0 Å². The molecule has 0 aliphatic carbocycles. The second-order valence-corrected chi connectivity index (χ2v) is 1.98. The molecule has 0 aromatic heterocycles. The molecule has 95 nitrogen and oxygen atoms in total. The number of carbonyl (C=O) groups is 7. The lowest BCUT2D eigenvalue weighted by Crippen LogP contribution is -1.81. The minimum absolute atomic E-state index is 0. The van der Waals surface area contributed by atoms with E-state index in [-0.39, 0.29) is 455 Å². The van der Waals surface area contributed by atoms with Gasteiger partial charge in [-0.15, -0.1) is 0 Å². The van der Waals surface area contributed by atoms with Crippen LogP contribution in [0.5, 0.6) is 0 Å². The largest absolute Gasteiger partial charge is 0.503 e. The zero-order chi connectivity index (χ0) is 25.0. The van der Waals surface area contributed by atoms with Crippen molar-refractivity contribution in [1.82, 2.24) is 455 Å². The Bertz CT molecular complexity index is 388. The molecule has 0 saturated carbocycles. The van der Waals surface area contributed by atoms with Crippen molar-refractivity contribution in [2.75, 3.05) is 0 Å². The van der Waals surface area contributed by atoms with Gasteiger partial charge < -0.3 is 527 Å². The highest BCUT2D eigenvalue weighted by molar-refractivity contribution is 5.54. The topological polar surface area (TPSA) is 2990 Å². The Labute approximate surface area is 603 Å². The van der Waals surface area contributed by atoms with E-state index in [1.54, 1.807) is 0 Å². The normalized spacial score (nSPS) is 1.65. The van der Waals surface area contributed by atoms with E-state index in [0.717, 1.165) is 0 Å². The first-order chi connectivity index (χ1) is 12.1. The van der Waals surface area contributed by atoms with E-state index in [4.69, 9.17) is 105 Å². The fraction of sp³-hybridized carbons (Fsp3) is 0.